The molecule has 1 unspecified atom stereocenters. The van der Waals surface area contributed by atoms with Crippen molar-refractivity contribution >= 4 is 27.3 Å². The number of hydrogen-bond acceptors (Lipinski definition) is 5. The van der Waals surface area contributed by atoms with Crippen molar-refractivity contribution in [3.8, 4) is 0 Å². The molecule has 0 bridgehead atoms. The molecule has 3 heterocycles. The second kappa shape index (κ2) is 9.56. The molecule has 0 aliphatic carbocycles. The summed E-state index contributed by atoms with van der Waals surface area (Å²) in [6.07, 6.45) is 1.38. The maximum absolute atomic E-state index is 12.8. The van der Waals surface area contributed by atoms with Crippen LogP contribution in [0.15, 0.2) is 52.1 Å². The number of piperidine rings is 1. The van der Waals surface area contributed by atoms with Gasteiger partial charge in [-0.05, 0) is 55.3 Å². The molecular weight excluding hydrogens is 444 g/mol. The Hall–Kier alpha value is -2.49. The first kappa shape index (κ1) is 22.7. The summed E-state index contributed by atoms with van der Waals surface area (Å²) >= 11 is 1.21. The summed E-state index contributed by atoms with van der Waals surface area (Å²) in [5, 5.41) is 9.27. The average molecular weight is 473 g/mol. The van der Waals surface area contributed by atoms with Crippen LogP contribution in [0.1, 0.15) is 35.4 Å². The summed E-state index contributed by atoms with van der Waals surface area (Å²) < 4.78 is 29.4. The molecule has 1 N–H and O–H groups in total. The van der Waals surface area contributed by atoms with Gasteiger partial charge in [-0.2, -0.15) is 9.40 Å². The van der Waals surface area contributed by atoms with Gasteiger partial charge in [0.1, 0.15) is 4.21 Å². The van der Waals surface area contributed by atoms with Crippen molar-refractivity contribution < 1.29 is 13.2 Å². The van der Waals surface area contributed by atoms with Gasteiger partial charge in [-0.3, -0.25) is 9.48 Å². The fraction of sp³-hybridized carbons (Fsp3) is 0.391. The third kappa shape index (κ3) is 5.11. The van der Waals surface area contributed by atoms with Crippen molar-refractivity contribution in [3.63, 3.8) is 0 Å². The quantitative estimate of drug-likeness (QED) is 0.572. The Morgan fingerprint density at radius 3 is 2.72 bits per heavy atom. The highest BCUT2D eigenvalue weighted by atomic mass is 32.2. The van der Waals surface area contributed by atoms with Crippen LogP contribution in [0.5, 0.6) is 0 Å². The van der Waals surface area contributed by atoms with E-state index in [0.717, 1.165) is 22.5 Å². The fourth-order valence-corrected chi connectivity index (χ4v) is 6.76. The van der Waals surface area contributed by atoms with E-state index < -0.39 is 10.0 Å². The zero-order valence-corrected chi connectivity index (χ0v) is 20.0. The van der Waals surface area contributed by atoms with Gasteiger partial charge in [0.05, 0.1) is 18.2 Å². The summed E-state index contributed by atoms with van der Waals surface area (Å²) in [5.74, 6) is -0.434. The summed E-state index contributed by atoms with van der Waals surface area (Å²) in [6.45, 7) is 5.80. The van der Waals surface area contributed by atoms with Crippen molar-refractivity contribution in [1.29, 1.82) is 0 Å². The van der Waals surface area contributed by atoms with Gasteiger partial charge in [-0.25, -0.2) is 8.42 Å². The van der Waals surface area contributed by atoms with Gasteiger partial charge in [0, 0.05) is 25.3 Å². The molecule has 170 valence electrons. The fourth-order valence-electron chi connectivity index (χ4n) is 4.09. The van der Waals surface area contributed by atoms with Crippen molar-refractivity contribution in [2.75, 3.05) is 13.1 Å². The van der Waals surface area contributed by atoms with Gasteiger partial charge in [0.15, 0.2) is 0 Å². The van der Waals surface area contributed by atoms with Crippen LogP contribution in [0.25, 0.3) is 0 Å². The molecule has 0 saturated carbocycles. The topological polar surface area (TPSA) is 84.3 Å². The van der Waals surface area contributed by atoms with Crippen molar-refractivity contribution in [2.24, 2.45) is 5.92 Å². The predicted octanol–water partition coefficient (Wildman–Crippen LogP) is 3.33. The van der Waals surface area contributed by atoms with Crippen LogP contribution in [0.2, 0.25) is 0 Å². The summed E-state index contributed by atoms with van der Waals surface area (Å²) in [6, 6.07) is 13.5. The highest BCUT2D eigenvalue weighted by Gasteiger charge is 2.33. The molecule has 32 heavy (non-hydrogen) atoms. The third-order valence-electron chi connectivity index (χ3n) is 5.74. The zero-order valence-electron chi connectivity index (χ0n) is 18.3. The van der Waals surface area contributed by atoms with E-state index in [1.165, 1.54) is 15.6 Å². The number of aryl methyl sites for hydroxylation is 2. The second-order valence-corrected chi connectivity index (χ2v) is 11.4. The Morgan fingerprint density at radius 2 is 2.00 bits per heavy atom. The molecule has 1 aliphatic heterocycles. The molecule has 1 amide bonds. The first-order chi connectivity index (χ1) is 15.3. The second-order valence-electron chi connectivity index (χ2n) is 8.26. The standard InChI is InChI=1S/C23H28N4O3S2/c1-17-12-18(2)27(25-17)15-20-7-3-6-19(13-20)14-24-23(28)21-8-4-10-26(16-21)32(29,30)22-9-5-11-31-22/h3,5-7,9,11-13,21H,4,8,10,14-16H2,1-2H3,(H,24,28). The summed E-state index contributed by atoms with van der Waals surface area (Å²) in [7, 11) is -3.53. The van der Waals surface area contributed by atoms with Crippen LogP contribution in [0.3, 0.4) is 0 Å². The highest BCUT2D eigenvalue weighted by Crippen LogP contribution is 2.26. The van der Waals surface area contributed by atoms with E-state index >= 15 is 0 Å². The number of rotatable bonds is 7. The Labute approximate surface area is 193 Å². The Kier molecular flexibility index (Phi) is 6.78. The Morgan fingerprint density at radius 1 is 1.19 bits per heavy atom. The van der Waals surface area contributed by atoms with Crippen LogP contribution >= 0.6 is 11.3 Å². The molecule has 1 atom stereocenters. The van der Waals surface area contributed by atoms with Gasteiger partial charge < -0.3 is 5.32 Å². The van der Waals surface area contributed by atoms with Gasteiger partial charge >= 0.3 is 0 Å². The smallest absolute Gasteiger partial charge is 0.252 e. The van der Waals surface area contributed by atoms with Gasteiger partial charge in [-0.15, -0.1) is 11.3 Å². The number of nitrogens with one attached hydrogen (secondary N) is 1. The van der Waals surface area contributed by atoms with E-state index in [2.05, 4.69) is 28.6 Å². The van der Waals surface area contributed by atoms with Gasteiger partial charge in [0.25, 0.3) is 10.0 Å². The van der Waals surface area contributed by atoms with E-state index in [9.17, 15) is 13.2 Å². The van der Waals surface area contributed by atoms with E-state index in [1.807, 2.05) is 30.7 Å². The van der Waals surface area contributed by atoms with Crippen molar-refractivity contribution in [2.45, 2.75) is 44.0 Å². The zero-order chi connectivity index (χ0) is 22.7. The molecule has 2 aromatic heterocycles. The number of sulfonamides is 1. The Balaban J connectivity index is 1.36. The monoisotopic (exact) mass is 472 g/mol. The van der Waals surface area contributed by atoms with Gasteiger partial charge in [0.2, 0.25) is 5.91 Å². The Bertz CT molecular complexity index is 1190. The molecule has 7 nitrogen and oxygen atoms in total. The van der Waals surface area contributed by atoms with Crippen LogP contribution < -0.4 is 5.32 Å². The van der Waals surface area contributed by atoms with E-state index in [-0.39, 0.29) is 18.4 Å². The molecule has 3 aromatic rings. The predicted molar refractivity (Wildman–Crippen MR) is 125 cm³/mol. The summed E-state index contributed by atoms with van der Waals surface area (Å²) in [5.41, 5.74) is 4.24. The first-order valence-corrected chi connectivity index (χ1v) is 13.0. The maximum Gasteiger partial charge on any atom is 0.252 e. The van der Waals surface area contributed by atoms with Crippen LogP contribution in [-0.4, -0.2) is 41.5 Å². The van der Waals surface area contributed by atoms with E-state index in [4.69, 9.17) is 0 Å². The maximum atomic E-state index is 12.8. The average Bonchev–Trinajstić information content (AvgIpc) is 3.43. The number of benzene rings is 1. The van der Waals surface area contributed by atoms with Gasteiger partial charge in [-0.1, -0.05) is 30.3 Å². The minimum Gasteiger partial charge on any atom is -0.352 e. The van der Waals surface area contributed by atoms with Crippen LogP contribution in [0, 0.1) is 19.8 Å². The molecule has 0 radical (unpaired) electrons. The molecule has 1 aliphatic rings. The first-order valence-electron chi connectivity index (χ1n) is 10.7. The molecule has 0 spiro atoms. The lowest BCUT2D eigenvalue weighted by molar-refractivity contribution is -0.126. The SMILES string of the molecule is Cc1cc(C)n(Cc2cccc(CNC(=O)C3CCCN(S(=O)(=O)c4cccs4)C3)c2)n1. The highest BCUT2D eigenvalue weighted by molar-refractivity contribution is 7.91. The van der Waals surface area contributed by atoms with E-state index in [1.54, 1.807) is 17.5 Å². The molecule has 1 aromatic carbocycles. The van der Waals surface area contributed by atoms with Crippen molar-refractivity contribution in [3.05, 3.63) is 70.4 Å². The molecule has 9 heteroatoms. The summed E-state index contributed by atoms with van der Waals surface area (Å²) in [4.78, 5) is 12.8. The number of aromatic nitrogens is 2. The molecule has 4 rings (SSSR count). The van der Waals surface area contributed by atoms with Crippen LogP contribution in [-0.2, 0) is 27.9 Å². The van der Waals surface area contributed by atoms with Crippen molar-refractivity contribution in [1.82, 2.24) is 19.4 Å². The third-order valence-corrected chi connectivity index (χ3v) is 8.98. The minimum absolute atomic E-state index is 0.0972. The largest absolute Gasteiger partial charge is 0.352 e. The number of thiophene rings is 1. The minimum atomic E-state index is -3.53. The lowest BCUT2D eigenvalue weighted by Gasteiger charge is -2.30. The number of carbonyl (C=O) groups is 1. The normalized spacial score (nSPS) is 17.4. The number of carbonyl (C=O) groups excluding carboxylic acids is 1. The molecule has 1 fully saturated rings. The lowest BCUT2D eigenvalue weighted by atomic mass is 9.98. The molecular formula is C23H28N4O3S2. The number of amides is 1. The number of hydrogen-bond donors (Lipinski definition) is 1. The van der Waals surface area contributed by atoms with E-state index in [0.29, 0.717) is 36.7 Å². The lowest BCUT2D eigenvalue weighted by Crippen LogP contribution is -2.45. The molecule has 1 saturated heterocycles. The van der Waals surface area contributed by atoms with Crippen LogP contribution in [0.4, 0.5) is 0 Å². The number of nitrogens with zero attached hydrogens (tertiary/aromatic N) is 3.